The van der Waals surface area contributed by atoms with E-state index in [-0.39, 0.29) is 0 Å². The summed E-state index contributed by atoms with van der Waals surface area (Å²) in [7, 11) is 0. The van der Waals surface area contributed by atoms with E-state index < -0.39 is 0 Å². The molecule has 0 saturated heterocycles. The minimum absolute atomic E-state index is 1.06. The van der Waals surface area contributed by atoms with Gasteiger partial charge >= 0.3 is 0 Å². The van der Waals surface area contributed by atoms with Crippen LogP contribution >= 0.6 is 0 Å². The average Bonchev–Trinajstić information content (AvgIpc) is 2.52. The molecule has 0 aliphatic carbocycles. The SMILES string of the molecule is CCNCCN1CCCCc2ccccc21. The maximum Gasteiger partial charge on any atom is 0.0399 e. The fourth-order valence-corrected chi connectivity index (χ4v) is 2.39. The van der Waals surface area contributed by atoms with Crippen LogP contribution < -0.4 is 10.2 Å². The van der Waals surface area contributed by atoms with E-state index >= 15 is 0 Å². The third-order valence-corrected chi connectivity index (χ3v) is 3.26. The van der Waals surface area contributed by atoms with E-state index in [4.69, 9.17) is 0 Å². The third kappa shape index (κ3) is 2.76. The van der Waals surface area contributed by atoms with Gasteiger partial charge in [0, 0.05) is 25.3 Å². The van der Waals surface area contributed by atoms with Crippen molar-refractivity contribution < 1.29 is 0 Å². The van der Waals surface area contributed by atoms with Gasteiger partial charge in [0.2, 0.25) is 0 Å². The number of benzene rings is 1. The fourth-order valence-electron chi connectivity index (χ4n) is 2.39. The molecular formula is C14H22N2. The molecule has 1 heterocycles. The van der Waals surface area contributed by atoms with E-state index in [0.717, 1.165) is 19.6 Å². The normalized spacial score (nSPS) is 15.7. The predicted octanol–water partition coefficient (Wildman–Crippen LogP) is 2.44. The Morgan fingerprint density at radius 3 is 3.00 bits per heavy atom. The molecule has 1 aliphatic rings. The molecule has 0 radical (unpaired) electrons. The summed E-state index contributed by atoms with van der Waals surface area (Å²) in [6.45, 7) is 6.66. The highest BCUT2D eigenvalue weighted by Crippen LogP contribution is 2.25. The largest absolute Gasteiger partial charge is 0.370 e. The number of likely N-dealkylation sites (N-methyl/N-ethyl adjacent to an activating group) is 1. The molecule has 2 nitrogen and oxygen atoms in total. The van der Waals surface area contributed by atoms with Crippen molar-refractivity contribution in [2.75, 3.05) is 31.1 Å². The monoisotopic (exact) mass is 218 g/mol. The minimum Gasteiger partial charge on any atom is -0.370 e. The summed E-state index contributed by atoms with van der Waals surface area (Å²) < 4.78 is 0. The van der Waals surface area contributed by atoms with Gasteiger partial charge in [0.25, 0.3) is 0 Å². The maximum absolute atomic E-state index is 3.41. The second-order valence-corrected chi connectivity index (χ2v) is 4.43. The Morgan fingerprint density at radius 2 is 2.12 bits per heavy atom. The lowest BCUT2D eigenvalue weighted by molar-refractivity contribution is 0.661. The number of nitrogens with one attached hydrogen (secondary N) is 1. The van der Waals surface area contributed by atoms with Crippen molar-refractivity contribution in [3.63, 3.8) is 0 Å². The number of para-hydroxylation sites is 1. The number of anilines is 1. The Labute approximate surface area is 98.7 Å². The molecular weight excluding hydrogens is 196 g/mol. The molecule has 0 bridgehead atoms. The van der Waals surface area contributed by atoms with E-state index in [9.17, 15) is 0 Å². The first-order chi connectivity index (χ1) is 7.92. The molecule has 1 N–H and O–H groups in total. The van der Waals surface area contributed by atoms with Gasteiger partial charge in [-0.15, -0.1) is 0 Å². The van der Waals surface area contributed by atoms with Crippen molar-refractivity contribution in [1.82, 2.24) is 5.32 Å². The first-order valence-electron chi connectivity index (χ1n) is 6.45. The van der Waals surface area contributed by atoms with Crippen molar-refractivity contribution in [1.29, 1.82) is 0 Å². The van der Waals surface area contributed by atoms with Crippen LogP contribution in [0.3, 0.4) is 0 Å². The van der Waals surface area contributed by atoms with Crippen molar-refractivity contribution >= 4 is 5.69 Å². The summed E-state index contributed by atoms with van der Waals surface area (Å²) in [4.78, 5) is 2.53. The number of fused-ring (bicyclic) bond motifs is 1. The standard InChI is InChI=1S/C14H22N2/c1-2-15-10-12-16-11-6-5-8-13-7-3-4-9-14(13)16/h3-4,7,9,15H,2,5-6,8,10-12H2,1H3. The van der Waals surface area contributed by atoms with Crippen molar-refractivity contribution in [3.8, 4) is 0 Å². The van der Waals surface area contributed by atoms with Crippen molar-refractivity contribution in [2.45, 2.75) is 26.2 Å². The van der Waals surface area contributed by atoms with Crippen LogP contribution in [0, 0.1) is 0 Å². The Balaban J connectivity index is 2.06. The van der Waals surface area contributed by atoms with E-state index in [1.54, 1.807) is 0 Å². The van der Waals surface area contributed by atoms with Crippen LogP contribution in [-0.4, -0.2) is 26.2 Å². The van der Waals surface area contributed by atoms with Gasteiger partial charge in [-0.05, 0) is 37.4 Å². The third-order valence-electron chi connectivity index (χ3n) is 3.26. The van der Waals surface area contributed by atoms with Gasteiger partial charge in [0.15, 0.2) is 0 Å². The smallest absolute Gasteiger partial charge is 0.0399 e. The van der Waals surface area contributed by atoms with Crippen LogP contribution in [0.25, 0.3) is 0 Å². The van der Waals surface area contributed by atoms with Crippen molar-refractivity contribution in [2.24, 2.45) is 0 Å². The highest BCUT2D eigenvalue weighted by atomic mass is 15.1. The molecule has 0 spiro atoms. The quantitative estimate of drug-likeness (QED) is 0.781. The summed E-state index contributed by atoms with van der Waals surface area (Å²) in [5.41, 5.74) is 2.98. The zero-order chi connectivity index (χ0) is 11.2. The topological polar surface area (TPSA) is 15.3 Å². The Hall–Kier alpha value is -1.02. The Morgan fingerprint density at radius 1 is 1.25 bits per heavy atom. The first kappa shape index (κ1) is 11.5. The summed E-state index contributed by atoms with van der Waals surface area (Å²) in [5, 5.41) is 3.41. The molecule has 16 heavy (non-hydrogen) atoms. The number of hydrogen-bond acceptors (Lipinski definition) is 2. The predicted molar refractivity (Wildman–Crippen MR) is 70.1 cm³/mol. The molecule has 88 valence electrons. The zero-order valence-electron chi connectivity index (χ0n) is 10.2. The van der Waals surface area contributed by atoms with Gasteiger partial charge < -0.3 is 10.2 Å². The molecule has 1 aromatic rings. The molecule has 0 atom stereocenters. The number of rotatable bonds is 4. The maximum atomic E-state index is 3.41. The number of hydrogen-bond donors (Lipinski definition) is 1. The van der Waals surface area contributed by atoms with E-state index in [0.29, 0.717) is 0 Å². The van der Waals surface area contributed by atoms with Crippen LogP contribution in [0.4, 0.5) is 5.69 Å². The van der Waals surface area contributed by atoms with Crippen LogP contribution in [0.1, 0.15) is 25.3 Å². The molecule has 0 fully saturated rings. The fraction of sp³-hybridized carbons (Fsp3) is 0.571. The summed E-state index contributed by atoms with van der Waals surface area (Å²) in [6, 6.07) is 8.87. The first-order valence-corrected chi connectivity index (χ1v) is 6.45. The van der Waals surface area contributed by atoms with Crippen LogP contribution in [-0.2, 0) is 6.42 Å². The average molecular weight is 218 g/mol. The molecule has 0 aromatic heterocycles. The molecule has 1 aromatic carbocycles. The van der Waals surface area contributed by atoms with E-state index in [1.165, 1.54) is 37.1 Å². The van der Waals surface area contributed by atoms with Gasteiger partial charge in [-0.3, -0.25) is 0 Å². The molecule has 2 heteroatoms. The second kappa shape index (κ2) is 5.90. The highest BCUT2D eigenvalue weighted by Gasteiger charge is 2.13. The van der Waals surface area contributed by atoms with Crippen LogP contribution in [0.5, 0.6) is 0 Å². The molecule has 0 amide bonds. The molecule has 0 unspecified atom stereocenters. The van der Waals surface area contributed by atoms with Crippen LogP contribution in [0.15, 0.2) is 24.3 Å². The Kier molecular flexibility index (Phi) is 4.23. The van der Waals surface area contributed by atoms with E-state index in [2.05, 4.69) is 41.4 Å². The zero-order valence-corrected chi connectivity index (χ0v) is 10.2. The number of nitrogens with zero attached hydrogens (tertiary/aromatic N) is 1. The molecule has 2 rings (SSSR count). The lowest BCUT2D eigenvalue weighted by atomic mass is 10.1. The van der Waals surface area contributed by atoms with Gasteiger partial charge in [0.1, 0.15) is 0 Å². The summed E-state index contributed by atoms with van der Waals surface area (Å²) in [6.07, 6.45) is 3.89. The van der Waals surface area contributed by atoms with Gasteiger partial charge in [-0.2, -0.15) is 0 Å². The second-order valence-electron chi connectivity index (χ2n) is 4.43. The summed E-state index contributed by atoms with van der Waals surface area (Å²) in [5.74, 6) is 0. The lowest BCUT2D eigenvalue weighted by Gasteiger charge is -2.25. The van der Waals surface area contributed by atoms with Crippen molar-refractivity contribution in [3.05, 3.63) is 29.8 Å². The minimum atomic E-state index is 1.06. The van der Waals surface area contributed by atoms with Crippen LogP contribution in [0.2, 0.25) is 0 Å². The molecule has 0 saturated carbocycles. The lowest BCUT2D eigenvalue weighted by Crippen LogP contribution is -2.32. The van der Waals surface area contributed by atoms with Gasteiger partial charge in [0.05, 0.1) is 0 Å². The number of aryl methyl sites for hydroxylation is 1. The summed E-state index contributed by atoms with van der Waals surface area (Å²) >= 11 is 0. The van der Waals surface area contributed by atoms with E-state index in [1.807, 2.05) is 0 Å². The Bertz CT molecular complexity index is 322. The molecule has 1 aliphatic heterocycles. The van der Waals surface area contributed by atoms with Gasteiger partial charge in [-0.1, -0.05) is 25.1 Å². The highest BCUT2D eigenvalue weighted by molar-refractivity contribution is 5.54. The van der Waals surface area contributed by atoms with Gasteiger partial charge in [-0.25, -0.2) is 0 Å².